The van der Waals surface area contributed by atoms with Gasteiger partial charge >= 0.3 is 0 Å². The molecule has 0 amide bonds. The van der Waals surface area contributed by atoms with E-state index in [9.17, 15) is 4.79 Å². The van der Waals surface area contributed by atoms with E-state index in [4.69, 9.17) is 4.74 Å². The standard InChI is InChI=1S/C18H26O2/c1-12-5-7-16(9-14(12)3)18(19)11-20-17-8-6-13(2)15(4)10-17/h5,7,9,13,15,17H,6,8,10-11H2,1-4H3. The van der Waals surface area contributed by atoms with Crippen LogP contribution in [0.15, 0.2) is 18.2 Å². The van der Waals surface area contributed by atoms with Gasteiger partial charge in [-0.3, -0.25) is 4.79 Å². The molecule has 2 nitrogen and oxygen atoms in total. The highest BCUT2D eigenvalue weighted by atomic mass is 16.5. The van der Waals surface area contributed by atoms with Crippen LogP contribution in [0.1, 0.15) is 54.6 Å². The minimum absolute atomic E-state index is 0.0966. The second kappa shape index (κ2) is 6.53. The quantitative estimate of drug-likeness (QED) is 0.764. The van der Waals surface area contributed by atoms with Gasteiger partial charge in [-0.1, -0.05) is 26.0 Å². The van der Waals surface area contributed by atoms with Crippen LogP contribution in [0.2, 0.25) is 0 Å². The van der Waals surface area contributed by atoms with E-state index in [1.165, 1.54) is 12.0 Å². The lowest BCUT2D eigenvalue weighted by molar-refractivity contribution is 0.00708. The van der Waals surface area contributed by atoms with Crippen molar-refractivity contribution in [2.75, 3.05) is 6.61 Å². The normalized spacial score (nSPS) is 26.5. The predicted octanol–water partition coefficient (Wildman–Crippen LogP) is 4.33. The number of benzene rings is 1. The van der Waals surface area contributed by atoms with Gasteiger partial charge in [0.25, 0.3) is 0 Å². The molecule has 1 aliphatic carbocycles. The monoisotopic (exact) mass is 274 g/mol. The van der Waals surface area contributed by atoms with E-state index in [1.54, 1.807) is 0 Å². The van der Waals surface area contributed by atoms with Crippen LogP contribution in [0, 0.1) is 25.7 Å². The van der Waals surface area contributed by atoms with Crippen LogP contribution in [0.25, 0.3) is 0 Å². The number of aryl methyl sites for hydroxylation is 2. The van der Waals surface area contributed by atoms with Crippen LogP contribution in [-0.2, 0) is 4.74 Å². The van der Waals surface area contributed by atoms with E-state index in [0.29, 0.717) is 5.92 Å². The Morgan fingerprint density at radius 2 is 1.90 bits per heavy atom. The average Bonchev–Trinajstić information content (AvgIpc) is 2.43. The van der Waals surface area contributed by atoms with Crippen molar-refractivity contribution in [3.8, 4) is 0 Å². The molecule has 1 fully saturated rings. The minimum atomic E-state index is 0.0966. The topological polar surface area (TPSA) is 26.3 Å². The molecule has 110 valence electrons. The van der Waals surface area contributed by atoms with Crippen molar-refractivity contribution in [2.45, 2.75) is 53.1 Å². The second-order valence-electron chi connectivity index (χ2n) is 6.42. The number of hydrogen-bond acceptors (Lipinski definition) is 2. The Morgan fingerprint density at radius 1 is 1.15 bits per heavy atom. The Kier molecular flexibility index (Phi) is 4.98. The molecule has 20 heavy (non-hydrogen) atoms. The molecule has 2 heteroatoms. The SMILES string of the molecule is Cc1ccc(C(=O)COC2CCC(C)C(C)C2)cc1C. The Morgan fingerprint density at radius 3 is 2.55 bits per heavy atom. The highest BCUT2D eigenvalue weighted by Gasteiger charge is 2.25. The van der Waals surface area contributed by atoms with Gasteiger partial charge in [-0.05, 0) is 62.1 Å². The Hall–Kier alpha value is -1.15. The highest BCUT2D eigenvalue weighted by Crippen LogP contribution is 2.30. The van der Waals surface area contributed by atoms with Crippen molar-refractivity contribution in [1.82, 2.24) is 0 Å². The predicted molar refractivity (Wildman–Crippen MR) is 82.2 cm³/mol. The molecule has 1 aromatic carbocycles. The van der Waals surface area contributed by atoms with E-state index in [1.807, 2.05) is 25.1 Å². The van der Waals surface area contributed by atoms with E-state index in [-0.39, 0.29) is 18.5 Å². The molecule has 1 aromatic rings. The van der Waals surface area contributed by atoms with Crippen LogP contribution in [0.4, 0.5) is 0 Å². The summed E-state index contributed by atoms with van der Waals surface area (Å²) in [5.41, 5.74) is 3.15. The Bertz CT molecular complexity index is 478. The lowest BCUT2D eigenvalue weighted by Gasteiger charge is -2.31. The molecule has 1 aliphatic rings. The van der Waals surface area contributed by atoms with Gasteiger partial charge in [0.1, 0.15) is 6.61 Å². The first-order valence-corrected chi connectivity index (χ1v) is 7.69. The fourth-order valence-electron chi connectivity index (χ4n) is 2.84. The third-order valence-corrected chi connectivity index (χ3v) is 4.83. The summed E-state index contributed by atoms with van der Waals surface area (Å²) in [5, 5.41) is 0. The molecule has 0 aromatic heterocycles. The van der Waals surface area contributed by atoms with Crippen LogP contribution >= 0.6 is 0 Å². The molecule has 0 heterocycles. The molecule has 3 unspecified atom stereocenters. The van der Waals surface area contributed by atoms with Gasteiger partial charge in [-0.2, -0.15) is 0 Å². The molecule has 0 bridgehead atoms. The van der Waals surface area contributed by atoms with Gasteiger partial charge < -0.3 is 4.74 Å². The van der Waals surface area contributed by atoms with Crippen molar-refractivity contribution in [2.24, 2.45) is 11.8 Å². The van der Waals surface area contributed by atoms with Crippen LogP contribution in [0.5, 0.6) is 0 Å². The van der Waals surface area contributed by atoms with Crippen molar-refractivity contribution < 1.29 is 9.53 Å². The second-order valence-corrected chi connectivity index (χ2v) is 6.42. The van der Waals surface area contributed by atoms with E-state index < -0.39 is 0 Å². The number of ketones is 1. The van der Waals surface area contributed by atoms with Gasteiger partial charge in [-0.25, -0.2) is 0 Å². The molecule has 0 aliphatic heterocycles. The molecule has 0 N–H and O–H groups in total. The summed E-state index contributed by atoms with van der Waals surface area (Å²) in [6, 6.07) is 5.87. The summed E-state index contributed by atoms with van der Waals surface area (Å²) >= 11 is 0. The Balaban J connectivity index is 1.87. The third kappa shape index (κ3) is 3.69. The molecule has 2 rings (SSSR count). The minimum Gasteiger partial charge on any atom is -0.370 e. The summed E-state index contributed by atoms with van der Waals surface area (Å²) in [7, 11) is 0. The van der Waals surface area contributed by atoms with Crippen LogP contribution < -0.4 is 0 Å². The first kappa shape index (κ1) is 15.2. The molecule has 0 saturated heterocycles. The maximum Gasteiger partial charge on any atom is 0.188 e. The fourth-order valence-corrected chi connectivity index (χ4v) is 2.84. The van der Waals surface area contributed by atoms with Crippen molar-refractivity contribution in [3.05, 3.63) is 34.9 Å². The zero-order valence-corrected chi connectivity index (χ0v) is 13.1. The van der Waals surface area contributed by atoms with Crippen molar-refractivity contribution in [3.63, 3.8) is 0 Å². The maximum absolute atomic E-state index is 12.2. The first-order valence-electron chi connectivity index (χ1n) is 7.69. The fraction of sp³-hybridized carbons (Fsp3) is 0.611. The zero-order chi connectivity index (χ0) is 14.7. The van der Waals surface area contributed by atoms with Gasteiger partial charge in [0, 0.05) is 5.56 Å². The molecule has 1 saturated carbocycles. The lowest BCUT2D eigenvalue weighted by Crippen LogP contribution is -2.28. The number of carbonyl (C=O) groups is 1. The van der Waals surface area contributed by atoms with Crippen LogP contribution in [0.3, 0.4) is 0 Å². The summed E-state index contributed by atoms with van der Waals surface area (Å²) < 4.78 is 5.84. The number of hydrogen-bond donors (Lipinski definition) is 0. The molecular formula is C18H26O2. The number of rotatable bonds is 4. The largest absolute Gasteiger partial charge is 0.370 e. The van der Waals surface area contributed by atoms with Crippen LogP contribution in [-0.4, -0.2) is 18.5 Å². The van der Waals surface area contributed by atoms with E-state index in [0.717, 1.165) is 29.9 Å². The maximum atomic E-state index is 12.2. The smallest absolute Gasteiger partial charge is 0.188 e. The van der Waals surface area contributed by atoms with Crippen molar-refractivity contribution in [1.29, 1.82) is 0 Å². The Labute approximate surface area is 122 Å². The van der Waals surface area contributed by atoms with Gasteiger partial charge in [0.05, 0.1) is 6.10 Å². The summed E-state index contributed by atoms with van der Waals surface area (Å²) in [4.78, 5) is 12.2. The van der Waals surface area contributed by atoms with Crippen molar-refractivity contribution >= 4 is 5.78 Å². The molecule has 0 radical (unpaired) electrons. The van der Waals surface area contributed by atoms with Gasteiger partial charge in [0.15, 0.2) is 5.78 Å². The lowest BCUT2D eigenvalue weighted by atomic mass is 9.80. The first-order chi connectivity index (χ1) is 9.47. The van der Waals surface area contributed by atoms with E-state index >= 15 is 0 Å². The summed E-state index contributed by atoms with van der Waals surface area (Å²) in [6.45, 7) is 8.91. The van der Waals surface area contributed by atoms with E-state index in [2.05, 4.69) is 20.8 Å². The highest BCUT2D eigenvalue weighted by molar-refractivity contribution is 5.97. The summed E-state index contributed by atoms with van der Waals surface area (Å²) in [5.74, 6) is 1.58. The average molecular weight is 274 g/mol. The van der Waals surface area contributed by atoms with Gasteiger partial charge in [0.2, 0.25) is 0 Å². The molecular weight excluding hydrogens is 248 g/mol. The third-order valence-electron chi connectivity index (χ3n) is 4.83. The van der Waals surface area contributed by atoms with Gasteiger partial charge in [-0.15, -0.1) is 0 Å². The molecule has 3 atom stereocenters. The number of Topliss-reactive ketones (excluding diaryl/α,β-unsaturated/α-hetero) is 1. The molecule has 0 spiro atoms. The zero-order valence-electron chi connectivity index (χ0n) is 13.1. The summed E-state index contributed by atoms with van der Waals surface area (Å²) in [6.07, 6.45) is 3.65. The number of carbonyl (C=O) groups excluding carboxylic acids is 1. The number of ether oxygens (including phenoxy) is 1.